The van der Waals surface area contributed by atoms with Crippen molar-refractivity contribution in [2.45, 2.75) is 52.6 Å². The number of sulfonamides is 1. The molecule has 3 aromatic rings. The van der Waals surface area contributed by atoms with Gasteiger partial charge in [-0.05, 0) is 68.0 Å². The van der Waals surface area contributed by atoms with Crippen LogP contribution in [0, 0.1) is 24.5 Å². The average Bonchev–Trinajstić information content (AvgIpc) is 2.96. The van der Waals surface area contributed by atoms with Crippen molar-refractivity contribution in [1.29, 1.82) is 0 Å². The fourth-order valence-electron chi connectivity index (χ4n) is 5.21. The first-order valence-electron chi connectivity index (χ1n) is 15.0. The Balaban J connectivity index is 1.36. The SMILES string of the molecule is Cc1nc(Oc2ccc(NS(C)(=O)=O)cc2)ccc1CN1CCC(N(CCC(C)C)C(=O)Nc2cc(C(N)=O)c(F)cc2F)CC1. The molecular formula is C32H40F2N6O5S. The molecule has 2 heterocycles. The lowest BCUT2D eigenvalue weighted by Gasteiger charge is -2.39. The number of benzene rings is 2. The van der Waals surface area contributed by atoms with Crippen LogP contribution in [0.25, 0.3) is 0 Å². The van der Waals surface area contributed by atoms with E-state index in [0.717, 1.165) is 43.1 Å². The molecule has 0 bridgehead atoms. The molecule has 3 amide bonds. The zero-order valence-electron chi connectivity index (χ0n) is 26.3. The Labute approximate surface area is 268 Å². The fraction of sp³-hybridized carbons (Fsp3) is 0.406. The highest BCUT2D eigenvalue weighted by Gasteiger charge is 2.29. The average molecular weight is 659 g/mol. The molecule has 1 aliphatic rings. The van der Waals surface area contributed by atoms with Crippen molar-refractivity contribution in [3.8, 4) is 11.6 Å². The predicted molar refractivity (Wildman–Crippen MR) is 172 cm³/mol. The van der Waals surface area contributed by atoms with Crippen LogP contribution in [0.5, 0.6) is 11.6 Å². The van der Waals surface area contributed by atoms with Gasteiger partial charge in [-0.1, -0.05) is 19.9 Å². The summed E-state index contributed by atoms with van der Waals surface area (Å²) in [6, 6.07) is 11.1. The van der Waals surface area contributed by atoms with Gasteiger partial charge in [-0.15, -0.1) is 0 Å². The van der Waals surface area contributed by atoms with Gasteiger partial charge in [0.15, 0.2) is 0 Å². The summed E-state index contributed by atoms with van der Waals surface area (Å²) in [5, 5.41) is 2.52. The number of piperidine rings is 1. The van der Waals surface area contributed by atoms with E-state index in [1.54, 1.807) is 35.2 Å². The number of aromatic nitrogens is 1. The Morgan fingerprint density at radius 3 is 2.35 bits per heavy atom. The molecule has 0 atom stereocenters. The summed E-state index contributed by atoms with van der Waals surface area (Å²) in [4.78, 5) is 33.5. The molecule has 1 saturated heterocycles. The van der Waals surface area contributed by atoms with E-state index in [1.165, 1.54) is 0 Å². The van der Waals surface area contributed by atoms with Gasteiger partial charge in [-0.3, -0.25) is 14.4 Å². The van der Waals surface area contributed by atoms with Gasteiger partial charge in [0.05, 0.1) is 17.5 Å². The molecular weight excluding hydrogens is 618 g/mol. The van der Waals surface area contributed by atoms with Gasteiger partial charge in [0.2, 0.25) is 15.9 Å². The number of aryl methyl sites for hydroxylation is 1. The van der Waals surface area contributed by atoms with E-state index in [0.29, 0.717) is 55.2 Å². The lowest BCUT2D eigenvalue weighted by Crippen LogP contribution is -2.49. The molecule has 1 fully saturated rings. The molecule has 14 heteroatoms. The Morgan fingerprint density at radius 2 is 1.76 bits per heavy atom. The number of pyridine rings is 1. The van der Waals surface area contributed by atoms with Gasteiger partial charge in [0.1, 0.15) is 17.4 Å². The third-order valence-electron chi connectivity index (χ3n) is 7.71. The maximum absolute atomic E-state index is 14.5. The second kappa shape index (κ2) is 14.9. The Hall–Kier alpha value is -4.30. The second-order valence-electron chi connectivity index (χ2n) is 11.9. The summed E-state index contributed by atoms with van der Waals surface area (Å²) in [6.07, 6.45) is 3.22. The van der Waals surface area contributed by atoms with Crippen molar-refractivity contribution in [1.82, 2.24) is 14.8 Å². The first-order chi connectivity index (χ1) is 21.7. The number of carbonyl (C=O) groups is 2. The number of rotatable bonds is 12. The van der Waals surface area contributed by atoms with Crippen LogP contribution in [0.4, 0.5) is 25.0 Å². The molecule has 4 N–H and O–H groups in total. The summed E-state index contributed by atoms with van der Waals surface area (Å²) >= 11 is 0. The first-order valence-corrected chi connectivity index (χ1v) is 16.9. The summed E-state index contributed by atoms with van der Waals surface area (Å²) < 4.78 is 59.5. The zero-order chi connectivity index (χ0) is 33.6. The number of amides is 3. The number of primary amides is 1. The number of anilines is 2. The van der Waals surface area contributed by atoms with Crippen LogP contribution in [0.2, 0.25) is 0 Å². The number of urea groups is 1. The van der Waals surface area contributed by atoms with E-state index in [1.807, 2.05) is 13.0 Å². The minimum atomic E-state index is -3.37. The molecule has 1 aromatic heterocycles. The van der Waals surface area contributed by atoms with Gasteiger partial charge >= 0.3 is 6.03 Å². The van der Waals surface area contributed by atoms with Crippen molar-refractivity contribution in [2.24, 2.45) is 11.7 Å². The quantitative estimate of drug-likeness (QED) is 0.234. The van der Waals surface area contributed by atoms with Crippen molar-refractivity contribution >= 4 is 33.3 Å². The molecule has 0 saturated carbocycles. The third-order valence-corrected chi connectivity index (χ3v) is 8.32. The standard InChI is InChI=1S/C32H40F2N6O5S/c1-20(2)11-16-40(32(42)37-29-17-26(31(35)41)27(33)18-28(29)34)24-12-14-39(15-13-24)19-22-5-10-30(36-21(22)3)45-25-8-6-23(7-9-25)38-46(4,43)44/h5-10,17-18,20,24,38H,11-16,19H2,1-4H3,(H2,35,41)(H,37,42). The third kappa shape index (κ3) is 9.60. The number of nitrogens with one attached hydrogen (secondary N) is 2. The lowest BCUT2D eigenvalue weighted by molar-refractivity contribution is 0.0996. The smallest absolute Gasteiger partial charge is 0.322 e. The molecule has 0 radical (unpaired) electrons. The largest absolute Gasteiger partial charge is 0.439 e. The van der Waals surface area contributed by atoms with Crippen LogP contribution in [0.3, 0.4) is 0 Å². The van der Waals surface area contributed by atoms with Crippen LogP contribution >= 0.6 is 0 Å². The van der Waals surface area contributed by atoms with Gasteiger partial charge in [-0.25, -0.2) is 27.0 Å². The monoisotopic (exact) mass is 658 g/mol. The van der Waals surface area contributed by atoms with Gasteiger partial charge in [-0.2, -0.15) is 0 Å². The summed E-state index contributed by atoms with van der Waals surface area (Å²) in [7, 11) is -3.37. The van der Waals surface area contributed by atoms with Crippen LogP contribution in [0.15, 0.2) is 48.5 Å². The molecule has 248 valence electrons. The van der Waals surface area contributed by atoms with Crippen LogP contribution in [-0.4, -0.2) is 67.1 Å². The van der Waals surface area contributed by atoms with Crippen molar-refractivity contribution in [2.75, 3.05) is 35.9 Å². The highest BCUT2D eigenvalue weighted by molar-refractivity contribution is 7.92. The number of nitrogens with zero attached hydrogens (tertiary/aromatic N) is 3. The number of hydrogen-bond acceptors (Lipinski definition) is 7. The fourth-order valence-corrected chi connectivity index (χ4v) is 5.78. The van der Waals surface area contributed by atoms with E-state index in [-0.39, 0.29) is 11.7 Å². The Kier molecular flexibility index (Phi) is 11.2. The molecule has 11 nitrogen and oxygen atoms in total. The Bertz CT molecular complexity index is 1660. The Morgan fingerprint density at radius 1 is 1.09 bits per heavy atom. The number of nitrogens with two attached hydrogens (primary N) is 1. The van der Waals surface area contributed by atoms with Gasteiger partial charge in [0.25, 0.3) is 5.91 Å². The highest BCUT2D eigenvalue weighted by atomic mass is 32.2. The molecule has 0 unspecified atom stereocenters. The summed E-state index contributed by atoms with van der Waals surface area (Å²) in [5.74, 6) is -1.87. The van der Waals surface area contributed by atoms with E-state index in [2.05, 4.69) is 33.8 Å². The minimum Gasteiger partial charge on any atom is -0.439 e. The van der Waals surface area contributed by atoms with Crippen LogP contribution in [0.1, 0.15) is 54.7 Å². The van der Waals surface area contributed by atoms with Crippen molar-refractivity contribution in [3.63, 3.8) is 0 Å². The molecule has 1 aliphatic heterocycles. The maximum Gasteiger partial charge on any atom is 0.322 e. The van der Waals surface area contributed by atoms with Gasteiger partial charge in [0, 0.05) is 55.7 Å². The summed E-state index contributed by atoms with van der Waals surface area (Å²) in [5.41, 5.74) is 6.68. The van der Waals surface area contributed by atoms with Crippen LogP contribution in [-0.2, 0) is 16.6 Å². The maximum atomic E-state index is 14.5. The van der Waals surface area contributed by atoms with Crippen molar-refractivity contribution < 1.29 is 31.5 Å². The topological polar surface area (TPSA) is 147 Å². The van der Waals surface area contributed by atoms with Crippen molar-refractivity contribution in [3.05, 3.63) is 77.0 Å². The predicted octanol–water partition coefficient (Wildman–Crippen LogP) is 5.48. The van der Waals surface area contributed by atoms with E-state index < -0.39 is 39.2 Å². The number of hydrogen-bond donors (Lipinski definition) is 3. The number of likely N-dealkylation sites (tertiary alicyclic amines) is 1. The first kappa shape index (κ1) is 34.6. The zero-order valence-corrected chi connectivity index (χ0v) is 27.2. The van der Waals surface area contributed by atoms with E-state index >= 15 is 0 Å². The lowest BCUT2D eigenvalue weighted by atomic mass is 10.0. The number of ether oxygens (including phenoxy) is 1. The molecule has 0 spiro atoms. The van der Waals surface area contributed by atoms with E-state index in [4.69, 9.17) is 10.5 Å². The summed E-state index contributed by atoms with van der Waals surface area (Å²) in [6.45, 7) is 8.58. The molecule has 4 rings (SSSR count). The normalized spacial score (nSPS) is 14.2. The number of carbonyl (C=O) groups excluding carboxylic acids is 2. The van der Waals surface area contributed by atoms with Crippen LogP contribution < -0.4 is 20.5 Å². The molecule has 2 aromatic carbocycles. The number of halogens is 2. The minimum absolute atomic E-state index is 0.0943. The van der Waals surface area contributed by atoms with Gasteiger partial charge < -0.3 is 20.7 Å². The molecule has 0 aliphatic carbocycles. The highest BCUT2D eigenvalue weighted by Crippen LogP contribution is 2.26. The second-order valence-corrected chi connectivity index (χ2v) is 13.6. The van der Waals surface area contributed by atoms with E-state index in [9.17, 15) is 26.8 Å². The molecule has 46 heavy (non-hydrogen) atoms.